The van der Waals surface area contributed by atoms with Gasteiger partial charge in [0.05, 0.1) is 20.8 Å². The van der Waals surface area contributed by atoms with Crippen molar-refractivity contribution in [2.45, 2.75) is 6.10 Å². The molecule has 0 aliphatic carbocycles. The fourth-order valence-corrected chi connectivity index (χ4v) is 1.98. The van der Waals surface area contributed by atoms with Crippen LogP contribution in [0.2, 0.25) is 0 Å². The molecule has 0 amide bonds. The molecule has 22 heavy (non-hydrogen) atoms. The van der Waals surface area contributed by atoms with Crippen LogP contribution in [0, 0.1) is 0 Å². The molecule has 0 fully saturated rings. The van der Waals surface area contributed by atoms with Crippen molar-refractivity contribution in [2.75, 3.05) is 20.8 Å². The van der Waals surface area contributed by atoms with Crippen LogP contribution in [0.15, 0.2) is 48.5 Å². The lowest BCUT2D eigenvalue weighted by atomic mass is 10.1. The van der Waals surface area contributed by atoms with Crippen molar-refractivity contribution in [3.63, 3.8) is 0 Å². The molecule has 0 radical (unpaired) electrons. The molecule has 0 heterocycles. The summed E-state index contributed by atoms with van der Waals surface area (Å²) in [4.78, 5) is 12.4. The summed E-state index contributed by atoms with van der Waals surface area (Å²) in [6, 6.07) is 13.6. The van der Waals surface area contributed by atoms with Gasteiger partial charge in [-0.15, -0.1) is 0 Å². The maximum atomic E-state index is 12.4. The zero-order chi connectivity index (χ0) is 15.9. The zero-order valence-corrected chi connectivity index (χ0v) is 12.5. The molecular weight excluding hydrogens is 284 g/mol. The Balaban J connectivity index is 2.18. The molecule has 1 N–H and O–H groups in total. The number of ether oxygens (including phenoxy) is 3. The highest BCUT2D eigenvalue weighted by Crippen LogP contribution is 2.27. The number of carbonyl (C=O) groups is 1. The van der Waals surface area contributed by atoms with Gasteiger partial charge in [-0.05, 0) is 36.4 Å². The molecule has 0 aromatic heterocycles. The summed E-state index contributed by atoms with van der Waals surface area (Å²) in [5, 5.41) is 9.47. The van der Waals surface area contributed by atoms with E-state index in [4.69, 9.17) is 14.2 Å². The summed E-state index contributed by atoms with van der Waals surface area (Å²) in [7, 11) is 3.07. The summed E-state index contributed by atoms with van der Waals surface area (Å²) in [5.41, 5.74) is 0.440. The van der Waals surface area contributed by atoms with Crippen LogP contribution < -0.4 is 14.2 Å². The van der Waals surface area contributed by atoms with E-state index in [0.717, 1.165) is 0 Å². The standard InChI is InChI=1S/C17H18O5/c1-20-13-9-7-12(8-10-13)17(19)16(11-18)22-15-6-4-3-5-14(15)21-2/h3-10,16,18H,11H2,1-2H3. The van der Waals surface area contributed by atoms with E-state index in [1.807, 2.05) is 0 Å². The number of methoxy groups -OCH3 is 2. The number of benzene rings is 2. The van der Waals surface area contributed by atoms with E-state index in [1.165, 1.54) is 7.11 Å². The maximum Gasteiger partial charge on any atom is 0.205 e. The van der Waals surface area contributed by atoms with Gasteiger partial charge in [0, 0.05) is 5.56 Å². The quantitative estimate of drug-likeness (QED) is 0.795. The molecule has 1 atom stereocenters. The summed E-state index contributed by atoms with van der Waals surface area (Å²) in [6.45, 7) is -0.428. The van der Waals surface area contributed by atoms with E-state index in [9.17, 15) is 9.90 Å². The average molecular weight is 302 g/mol. The summed E-state index contributed by atoms with van der Waals surface area (Å²) < 4.78 is 15.8. The van der Waals surface area contributed by atoms with E-state index in [1.54, 1.807) is 55.6 Å². The lowest BCUT2D eigenvalue weighted by Crippen LogP contribution is -2.31. The summed E-state index contributed by atoms with van der Waals surface area (Å²) in [6.07, 6.45) is -0.996. The Hall–Kier alpha value is -2.53. The normalized spacial score (nSPS) is 11.6. The molecule has 0 spiro atoms. The topological polar surface area (TPSA) is 65.0 Å². The number of carbonyl (C=O) groups excluding carboxylic acids is 1. The highest BCUT2D eigenvalue weighted by molar-refractivity contribution is 5.99. The summed E-state index contributed by atoms with van der Waals surface area (Å²) >= 11 is 0. The van der Waals surface area contributed by atoms with E-state index >= 15 is 0 Å². The third-order valence-electron chi connectivity index (χ3n) is 3.17. The molecule has 0 aliphatic heterocycles. The Bertz CT molecular complexity index is 621. The van der Waals surface area contributed by atoms with Crippen molar-refractivity contribution in [3.05, 3.63) is 54.1 Å². The minimum absolute atomic E-state index is 0.309. The van der Waals surface area contributed by atoms with Gasteiger partial charge >= 0.3 is 0 Å². The van der Waals surface area contributed by atoms with Crippen molar-refractivity contribution in [1.29, 1.82) is 0 Å². The molecule has 2 aromatic carbocycles. The first-order valence-electron chi connectivity index (χ1n) is 6.78. The minimum atomic E-state index is -0.996. The van der Waals surface area contributed by atoms with Gasteiger partial charge in [-0.2, -0.15) is 0 Å². The Morgan fingerprint density at radius 3 is 2.18 bits per heavy atom. The number of Topliss-reactive ketones (excluding diaryl/α,β-unsaturated/α-hetero) is 1. The second kappa shape index (κ2) is 7.47. The molecule has 1 unspecified atom stereocenters. The fraction of sp³-hybridized carbons (Fsp3) is 0.235. The second-order valence-electron chi connectivity index (χ2n) is 4.53. The third kappa shape index (κ3) is 3.56. The van der Waals surface area contributed by atoms with Gasteiger partial charge in [0.1, 0.15) is 5.75 Å². The van der Waals surface area contributed by atoms with Gasteiger partial charge in [-0.25, -0.2) is 0 Å². The van der Waals surface area contributed by atoms with Crippen LogP contribution in [0.3, 0.4) is 0 Å². The number of aliphatic hydroxyl groups is 1. The number of ketones is 1. The Labute approximate surface area is 129 Å². The van der Waals surface area contributed by atoms with Gasteiger partial charge in [0.15, 0.2) is 17.6 Å². The molecule has 2 aromatic rings. The van der Waals surface area contributed by atoms with E-state index < -0.39 is 12.7 Å². The van der Waals surface area contributed by atoms with Crippen LogP contribution in [0.1, 0.15) is 10.4 Å². The van der Waals surface area contributed by atoms with Crippen molar-refractivity contribution in [1.82, 2.24) is 0 Å². The molecule has 116 valence electrons. The molecular formula is C17H18O5. The highest BCUT2D eigenvalue weighted by Gasteiger charge is 2.22. The number of hydrogen-bond acceptors (Lipinski definition) is 5. The molecule has 5 heteroatoms. The van der Waals surface area contributed by atoms with Gasteiger partial charge < -0.3 is 19.3 Å². The number of para-hydroxylation sites is 2. The molecule has 0 saturated carbocycles. The monoisotopic (exact) mass is 302 g/mol. The highest BCUT2D eigenvalue weighted by atomic mass is 16.5. The van der Waals surface area contributed by atoms with Gasteiger partial charge in [-0.3, -0.25) is 4.79 Å². The molecule has 2 rings (SSSR count). The fourth-order valence-electron chi connectivity index (χ4n) is 1.98. The first-order valence-corrected chi connectivity index (χ1v) is 6.78. The van der Waals surface area contributed by atoms with Crippen molar-refractivity contribution in [3.8, 4) is 17.2 Å². The second-order valence-corrected chi connectivity index (χ2v) is 4.53. The van der Waals surface area contributed by atoms with E-state index in [2.05, 4.69) is 0 Å². The SMILES string of the molecule is COc1ccc(C(=O)C(CO)Oc2ccccc2OC)cc1. The van der Waals surface area contributed by atoms with Crippen molar-refractivity contribution < 1.29 is 24.1 Å². The largest absolute Gasteiger partial charge is 0.497 e. The minimum Gasteiger partial charge on any atom is -0.497 e. The van der Waals surface area contributed by atoms with Gasteiger partial charge in [0.2, 0.25) is 5.78 Å². The van der Waals surface area contributed by atoms with Crippen molar-refractivity contribution in [2.24, 2.45) is 0 Å². The lowest BCUT2D eigenvalue weighted by Gasteiger charge is -2.17. The van der Waals surface area contributed by atoms with Crippen LogP contribution in [-0.4, -0.2) is 37.8 Å². The zero-order valence-electron chi connectivity index (χ0n) is 12.5. The Morgan fingerprint density at radius 1 is 1.00 bits per heavy atom. The first-order chi connectivity index (χ1) is 10.7. The van der Waals surface area contributed by atoms with Crippen LogP contribution in [0.4, 0.5) is 0 Å². The predicted octanol–water partition coefficient (Wildman–Crippen LogP) is 2.33. The number of hydrogen-bond donors (Lipinski definition) is 1. The van der Waals surface area contributed by atoms with E-state index in [0.29, 0.717) is 22.8 Å². The smallest absolute Gasteiger partial charge is 0.205 e. The number of aliphatic hydroxyl groups excluding tert-OH is 1. The Morgan fingerprint density at radius 2 is 1.64 bits per heavy atom. The molecule has 0 bridgehead atoms. The third-order valence-corrected chi connectivity index (χ3v) is 3.17. The Kier molecular flexibility index (Phi) is 5.38. The van der Waals surface area contributed by atoms with Gasteiger partial charge in [-0.1, -0.05) is 12.1 Å². The molecule has 5 nitrogen and oxygen atoms in total. The van der Waals surface area contributed by atoms with Crippen LogP contribution >= 0.6 is 0 Å². The van der Waals surface area contributed by atoms with Crippen LogP contribution in [0.5, 0.6) is 17.2 Å². The lowest BCUT2D eigenvalue weighted by molar-refractivity contribution is 0.0652. The van der Waals surface area contributed by atoms with Crippen LogP contribution in [0.25, 0.3) is 0 Å². The predicted molar refractivity (Wildman–Crippen MR) is 81.8 cm³/mol. The number of rotatable bonds is 7. The molecule has 0 aliphatic rings. The first kappa shape index (κ1) is 15.9. The van der Waals surface area contributed by atoms with Gasteiger partial charge in [0.25, 0.3) is 0 Å². The molecule has 0 saturated heterocycles. The average Bonchev–Trinajstić information content (AvgIpc) is 2.59. The van der Waals surface area contributed by atoms with Crippen LogP contribution in [-0.2, 0) is 0 Å². The maximum absolute atomic E-state index is 12.4. The summed E-state index contributed by atoms with van der Waals surface area (Å²) in [5.74, 6) is 1.26. The van der Waals surface area contributed by atoms with Crippen molar-refractivity contribution >= 4 is 5.78 Å². The van der Waals surface area contributed by atoms with E-state index in [-0.39, 0.29) is 5.78 Å².